The highest BCUT2D eigenvalue weighted by Crippen LogP contribution is 2.22. The molecule has 0 bridgehead atoms. The van der Waals surface area contributed by atoms with Crippen LogP contribution in [0.25, 0.3) is 0 Å². The number of nitrogens with one attached hydrogen (secondary N) is 1. The molecule has 108 valence electrons. The van der Waals surface area contributed by atoms with E-state index in [1.54, 1.807) is 11.3 Å². The van der Waals surface area contributed by atoms with E-state index >= 15 is 0 Å². The van der Waals surface area contributed by atoms with Crippen LogP contribution in [0.3, 0.4) is 0 Å². The smallest absolute Gasteiger partial charge is 0.0928 e. The summed E-state index contributed by atoms with van der Waals surface area (Å²) in [5, 5.41) is 6.96. The second-order valence-corrected chi connectivity index (χ2v) is 6.18. The number of aromatic nitrogens is 1. The van der Waals surface area contributed by atoms with E-state index in [2.05, 4.69) is 59.9 Å². The molecule has 2 rings (SSSR count). The van der Waals surface area contributed by atoms with Crippen LogP contribution in [-0.4, -0.2) is 18.1 Å². The van der Waals surface area contributed by atoms with E-state index in [9.17, 15) is 0 Å². The average molecular weight is 288 g/mol. The highest BCUT2D eigenvalue weighted by molar-refractivity contribution is 7.09. The lowest BCUT2D eigenvalue weighted by Crippen LogP contribution is -2.22. The molecule has 0 saturated heterocycles. The summed E-state index contributed by atoms with van der Waals surface area (Å²) in [7, 11) is 0. The van der Waals surface area contributed by atoms with Gasteiger partial charge in [0.05, 0.1) is 5.01 Å². The van der Waals surface area contributed by atoms with Crippen molar-refractivity contribution in [1.29, 1.82) is 0 Å². The summed E-state index contributed by atoms with van der Waals surface area (Å²) in [4.78, 5) is 4.57. The minimum absolute atomic E-state index is 0.576. The molecule has 1 N–H and O–H groups in total. The van der Waals surface area contributed by atoms with Gasteiger partial charge in [-0.05, 0) is 44.2 Å². The number of rotatable bonds is 8. The predicted octanol–water partition coefficient (Wildman–Crippen LogP) is 4.17. The van der Waals surface area contributed by atoms with Crippen molar-refractivity contribution in [3.8, 4) is 0 Å². The quantitative estimate of drug-likeness (QED) is 0.738. The van der Waals surface area contributed by atoms with Crippen LogP contribution in [0.4, 0.5) is 0 Å². The molecule has 20 heavy (non-hydrogen) atoms. The Hall–Kier alpha value is -1.19. The fraction of sp³-hybridized carbons (Fsp3) is 0.471. The lowest BCUT2D eigenvalue weighted by atomic mass is 9.94. The molecule has 1 atom stereocenters. The van der Waals surface area contributed by atoms with Gasteiger partial charge in [-0.2, -0.15) is 0 Å². The van der Waals surface area contributed by atoms with Gasteiger partial charge < -0.3 is 5.32 Å². The molecule has 2 nitrogen and oxygen atoms in total. The molecule has 0 spiro atoms. The molecule has 1 heterocycles. The standard InChI is InChI=1S/C17H24N2S/c1-3-11-18-12-16(15-7-5-4-6-8-15)9-10-17-19-14(2)13-20-17/h4-8,13,16,18H,3,9-12H2,1-2H3. The summed E-state index contributed by atoms with van der Waals surface area (Å²) in [6, 6.07) is 10.8. The Morgan fingerprint density at radius 2 is 2.05 bits per heavy atom. The van der Waals surface area contributed by atoms with Gasteiger partial charge in [-0.25, -0.2) is 4.98 Å². The third kappa shape index (κ3) is 4.73. The van der Waals surface area contributed by atoms with Crippen molar-refractivity contribution in [1.82, 2.24) is 10.3 Å². The zero-order valence-corrected chi connectivity index (χ0v) is 13.2. The van der Waals surface area contributed by atoms with Gasteiger partial charge in [0.1, 0.15) is 0 Å². The summed E-state index contributed by atoms with van der Waals surface area (Å²) in [5.41, 5.74) is 2.58. The van der Waals surface area contributed by atoms with Crippen molar-refractivity contribution in [3.05, 3.63) is 52.0 Å². The van der Waals surface area contributed by atoms with Crippen LogP contribution in [0.1, 0.15) is 41.9 Å². The number of aryl methyl sites for hydroxylation is 2. The Morgan fingerprint density at radius 1 is 1.25 bits per heavy atom. The normalized spacial score (nSPS) is 12.5. The predicted molar refractivity (Wildman–Crippen MR) is 87.5 cm³/mol. The molecule has 1 unspecified atom stereocenters. The summed E-state index contributed by atoms with van der Waals surface area (Å²) in [5.74, 6) is 0.576. The van der Waals surface area contributed by atoms with Crippen molar-refractivity contribution < 1.29 is 0 Å². The molecule has 0 aliphatic heterocycles. The zero-order valence-electron chi connectivity index (χ0n) is 12.4. The van der Waals surface area contributed by atoms with Crippen LogP contribution >= 0.6 is 11.3 Å². The minimum Gasteiger partial charge on any atom is -0.316 e. The van der Waals surface area contributed by atoms with Gasteiger partial charge in [0.25, 0.3) is 0 Å². The minimum atomic E-state index is 0.576. The van der Waals surface area contributed by atoms with Crippen LogP contribution in [0, 0.1) is 6.92 Å². The van der Waals surface area contributed by atoms with Gasteiger partial charge in [-0.3, -0.25) is 0 Å². The van der Waals surface area contributed by atoms with Crippen LogP contribution in [0.2, 0.25) is 0 Å². The van der Waals surface area contributed by atoms with E-state index < -0.39 is 0 Å². The number of benzene rings is 1. The molecule has 0 radical (unpaired) electrons. The van der Waals surface area contributed by atoms with Crippen molar-refractivity contribution in [2.75, 3.05) is 13.1 Å². The fourth-order valence-corrected chi connectivity index (χ4v) is 3.17. The first kappa shape index (κ1) is 15.2. The SMILES string of the molecule is CCCNCC(CCc1nc(C)cs1)c1ccccc1. The largest absolute Gasteiger partial charge is 0.316 e. The first-order valence-corrected chi connectivity index (χ1v) is 8.34. The van der Waals surface area contributed by atoms with Gasteiger partial charge in [0.15, 0.2) is 0 Å². The summed E-state index contributed by atoms with van der Waals surface area (Å²) in [6.45, 7) is 6.43. The monoisotopic (exact) mass is 288 g/mol. The second kappa shape index (κ2) is 8.18. The molecule has 0 saturated carbocycles. The number of nitrogens with zero attached hydrogens (tertiary/aromatic N) is 1. The summed E-state index contributed by atoms with van der Waals surface area (Å²) < 4.78 is 0. The second-order valence-electron chi connectivity index (χ2n) is 5.23. The van der Waals surface area contributed by atoms with E-state index in [-0.39, 0.29) is 0 Å². The molecule has 3 heteroatoms. The van der Waals surface area contributed by atoms with E-state index in [0.717, 1.165) is 31.6 Å². The van der Waals surface area contributed by atoms with E-state index in [0.29, 0.717) is 5.92 Å². The third-order valence-corrected chi connectivity index (χ3v) is 4.49. The Kier molecular flexibility index (Phi) is 6.22. The van der Waals surface area contributed by atoms with Crippen molar-refractivity contribution >= 4 is 11.3 Å². The van der Waals surface area contributed by atoms with Crippen molar-refractivity contribution in [3.63, 3.8) is 0 Å². The maximum atomic E-state index is 4.57. The van der Waals surface area contributed by atoms with Gasteiger partial charge >= 0.3 is 0 Å². The van der Waals surface area contributed by atoms with Gasteiger partial charge in [-0.15, -0.1) is 11.3 Å². The molecule has 0 fully saturated rings. The zero-order chi connectivity index (χ0) is 14.2. The van der Waals surface area contributed by atoms with E-state index in [1.807, 2.05) is 0 Å². The molecule has 0 aliphatic rings. The lowest BCUT2D eigenvalue weighted by molar-refractivity contribution is 0.548. The van der Waals surface area contributed by atoms with Gasteiger partial charge in [-0.1, -0.05) is 37.3 Å². The first-order valence-electron chi connectivity index (χ1n) is 7.46. The van der Waals surface area contributed by atoms with Crippen LogP contribution in [0.5, 0.6) is 0 Å². The highest BCUT2D eigenvalue weighted by atomic mass is 32.1. The Labute approximate surface area is 126 Å². The van der Waals surface area contributed by atoms with E-state index in [4.69, 9.17) is 0 Å². The maximum absolute atomic E-state index is 4.57. The fourth-order valence-electron chi connectivity index (χ4n) is 2.38. The van der Waals surface area contributed by atoms with Crippen molar-refractivity contribution in [2.24, 2.45) is 0 Å². The number of thiazole rings is 1. The lowest BCUT2D eigenvalue weighted by Gasteiger charge is -2.17. The molecule has 1 aromatic heterocycles. The van der Waals surface area contributed by atoms with Crippen LogP contribution < -0.4 is 5.32 Å². The topological polar surface area (TPSA) is 24.9 Å². The summed E-state index contributed by atoms with van der Waals surface area (Å²) >= 11 is 1.78. The summed E-state index contributed by atoms with van der Waals surface area (Å²) in [6.07, 6.45) is 3.42. The van der Waals surface area contributed by atoms with Gasteiger partial charge in [0, 0.05) is 17.6 Å². The first-order chi connectivity index (χ1) is 9.79. The van der Waals surface area contributed by atoms with Crippen molar-refractivity contribution in [2.45, 2.75) is 39.0 Å². The number of hydrogen-bond acceptors (Lipinski definition) is 3. The van der Waals surface area contributed by atoms with E-state index in [1.165, 1.54) is 17.0 Å². The molecular formula is C17H24N2S. The Balaban J connectivity index is 1.95. The number of hydrogen-bond donors (Lipinski definition) is 1. The maximum Gasteiger partial charge on any atom is 0.0928 e. The highest BCUT2D eigenvalue weighted by Gasteiger charge is 2.12. The molecular weight excluding hydrogens is 264 g/mol. The molecule has 0 amide bonds. The Bertz CT molecular complexity index is 493. The van der Waals surface area contributed by atoms with Crippen LogP contribution in [0.15, 0.2) is 35.7 Å². The van der Waals surface area contributed by atoms with Crippen LogP contribution in [-0.2, 0) is 6.42 Å². The van der Waals surface area contributed by atoms with Gasteiger partial charge in [0.2, 0.25) is 0 Å². The average Bonchev–Trinajstić information content (AvgIpc) is 2.89. The molecule has 1 aromatic carbocycles. The molecule has 2 aromatic rings. The Morgan fingerprint density at radius 3 is 2.70 bits per heavy atom. The molecule has 0 aliphatic carbocycles. The third-order valence-electron chi connectivity index (χ3n) is 3.46.